The first-order chi connectivity index (χ1) is 11.4. The molecule has 0 spiro atoms. The van der Waals surface area contributed by atoms with Crippen molar-refractivity contribution in [1.82, 2.24) is 0 Å². The summed E-state index contributed by atoms with van der Waals surface area (Å²) in [6.45, 7) is 8.92. The molecule has 2 aromatic rings. The molecule has 0 amide bonds. The van der Waals surface area contributed by atoms with Gasteiger partial charge in [-0.15, -0.1) is 0 Å². The molecule has 0 saturated heterocycles. The van der Waals surface area contributed by atoms with Crippen LogP contribution < -0.4 is 0 Å². The molecular formula is C20H21Cl4Zr. The van der Waals surface area contributed by atoms with E-state index in [0.29, 0.717) is 0 Å². The van der Waals surface area contributed by atoms with E-state index in [2.05, 4.69) is 82.7 Å². The minimum absolute atomic E-state index is 0.210. The van der Waals surface area contributed by atoms with Crippen LogP contribution in [0.4, 0.5) is 0 Å². The van der Waals surface area contributed by atoms with Crippen molar-refractivity contribution in [3.8, 4) is 11.1 Å². The Morgan fingerprint density at radius 3 is 1.92 bits per heavy atom. The molecule has 0 fully saturated rings. The van der Waals surface area contributed by atoms with E-state index >= 15 is 0 Å². The van der Waals surface area contributed by atoms with E-state index < -0.39 is 15.5 Å². The maximum atomic E-state index is 5.04. The Bertz CT molecular complexity index is 760. The zero-order valence-electron chi connectivity index (χ0n) is 14.7. The number of fused-ring (bicyclic) bond motifs is 1. The molecule has 2 aromatic carbocycles. The first kappa shape index (κ1) is 21.5. The molecule has 1 aliphatic rings. The molecule has 5 heteroatoms. The molecule has 0 nitrogen and oxygen atoms in total. The van der Waals surface area contributed by atoms with Crippen molar-refractivity contribution in [2.75, 3.05) is 0 Å². The van der Waals surface area contributed by atoms with Crippen LogP contribution in [0.1, 0.15) is 44.4 Å². The van der Waals surface area contributed by atoms with Crippen molar-refractivity contribution in [2.24, 2.45) is 0 Å². The van der Waals surface area contributed by atoms with E-state index in [-0.39, 0.29) is 5.41 Å². The molecule has 3 rings (SSSR count). The van der Waals surface area contributed by atoms with Crippen molar-refractivity contribution < 1.29 is 15.5 Å². The minimum atomic E-state index is -3.29. The van der Waals surface area contributed by atoms with Gasteiger partial charge in [-0.3, -0.25) is 0 Å². The maximum absolute atomic E-state index is 5.04. The van der Waals surface area contributed by atoms with E-state index in [1.54, 1.807) is 0 Å². The van der Waals surface area contributed by atoms with Crippen LogP contribution in [0, 0.1) is 6.42 Å². The quantitative estimate of drug-likeness (QED) is 0.374. The van der Waals surface area contributed by atoms with E-state index in [4.69, 9.17) is 34.1 Å². The first-order valence-corrected chi connectivity index (χ1v) is 20.6. The Labute approximate surface area is 169 Å². The van der Waals surface area contributed by atoms with Crippen LogP contribution in [-0.2, 0) is 20.9 Å². The summed E-state index contributed by atoms with van der Waals surface area (Å²) in [4.78, 5) is 0. The second kappa shape index (κ2) is 8.49. The molecule has 0 unspecified atom stereocenters. The summed E-state index contributed by atoms with van der Waals surface area (Å²) in [5, 5.41) is 0. The van der Waals surface area contributed by atoms with Gasteiger partial charge in [0.1, 0.15) is 0 Å². The van der Waals surface area contributed by atoms with Crippen molar-refractivity contribution in [3.05, 3.63) is 71.1 Å². The van der Waals surface area contributed by atoms with Gasteiger partial charge in [0, 0.05) is 6.42 Å². The van der Waals surface area contributed by atoms with Crippen molar-refractivity contribution in [1.29, 1.82) is 0 Å². The normalized spacial score (nSPS) is 13.7. The van der Waals surface area contributed by atoms with Gasteiger partial charge in [-0.25, -0.2) is 0 Å². The zero-order chi connectivity index (χ0) is 18.8. The predicted molar refractivity (Wildman–Crippen MR) is 111 cm³/mol. The standard InChI is InChI=1S/C20H21.4ClH.Zr/c1-14-12-16-6-5-7-18(19(16)13-14)15-8-10-17(11-9-15)20(2,3)4;;;;;/h5-13H,1-4H3;4*1H;/q;;;;;+4/p-4. The van der Waals surface area contributed by atoms with E-state index in [0.717, 1.165) is 0 Å². The van der Waals surface area contributed by atoms with Crippen LogP contribution in [-0.4, -0.2) is 0 Å². The molecule has 0 atom stereocenters. The van der Waals surface area contributed by atoms with Gasteiger partial charge in [0.2, 0.25) is 0 Å². The Balaban J connectivity index is 0.000000399. The summed E-state index contributed by atoms with van der Waals surface area (Å²) in [5.74, 6) is 0. The van der Waals surface area contributed by atoms with Gasteiger partial charge in [-0.1, -0.05) is 74.9 Å². The SMILES string of the molecule is CC1=Cc2c(cccc2-c2ccc(C(C)(C)C)cc2)[CH]1.[Cl][Zr]([Cl])([Cl])[Cl]. The van der Waals surface area contributed by atoms with Gasteiger partial charge >= 0.3 is 49.5 Å². The van der Waals surface area contributed by atoms with Crippen LogP contribution in [0.2, 0.25) is 0 Å². The molecule has 0 saturated carbocycles. The summed E-state index contributed by atoms with van der Waals surface area (Å²) in [5.41, 5.74) is 8.24. The fraction of sp³-hybridized carbons (Fsp3) is 0.250. The Kier molecular flexibility index (Phi) is 7.31. The topological polar surface area (TPSA) is 0 Å². The van der Waals surface area contributed by atoms with Crippen LogP contribution in [0.25, 0.3) is 17.2 Å². The summed E-state index contributed by atoms with van der Waals surface area (Å²) in [6.07, 6.45) is 4.53. The molecule has 1 aliphatic carbocycles. The van der Waals surface area contributed by atoms with Gasteiger partial charge in [0.25, 0.3) is 0 Å². The molecular weight excluding hydrogens is 473 g/mol. The Hall–Kier alpha value is 0.223. The van der Waals surface area contributed by atoms with Crippen LogP contribution in [0.15, 0.2) is 48.0 Å². The van der Waals surface area contributed by atoms with Gasteiger partial charge in [-0.05, 0) is 40.2 Å². The van der Waals surface area contributed by atoms with Gasteiger partial charge in [0.15, 0.2) is 0 Å². The number of allylic oxidation sites excluding steroid dienone is 1. The van der Waals surface area contributed by atoms with Crippen LogP contribution >= 0.6 is 34.1 Å². The van der Waals surface area contributed by atoms with Gasteiger partial charge in [0.05, 0.1) is 0 Å². The fourth-order valence-corrected chi connectivity index (χ4v) is 2.79. The van der Waals surface area contributed by atoms with E-state index in [1.165, 1.54) is 33.4 Å². The second-order valence-corrected chi connectivity index (χ2v) is 29.5. The van der Waals surface area contributed by atoms with Gasteiger partial charge < -0.3 is 0 Å². The van der Waals surface area contributed by atoms with Crippen molar-refractivity contribution in [3.63, 3.8) is 0 Å². The number of rotatable bonds is 1. The van der Waals surface area contributed by atoms with Crippen LogP contribution in [0.3, 0.4) is 0 Å². The molecule has 0 aliphatic heterocycles. The Morgan fingerprint density at radius 1 is 0.840 bits per heavy atom. The monoisotopic (exact) mass is 491 g/mol. The molecule has 0 heterocycles. The van der Waals surface area contributed by atoms with Crippen LogP contribution in [0.5, 0.6) is 0 Å². The van der Waals surface area contributed by atoms with E-state index in [1.807, 2.05) is 0 Å². The third-order valence-electron chi connectivity index (χ3n) is 3.96. The van der Waals surface area contributed by atoms with Gasteiger partial charge in [-0.2, -0.15) is 0 Å². The average molecular weight is 494 g/mol. The number of hydrogen-bond donors (Lipinski definition) is 0. The fourth-order valence-electron chi connectivity index (χ4n) is 2.79. The molecule has 0 N–H and O–H groups in total. The third kappa shape index (κ3) is 6.71. The Morgan fingerprint density at radius 2 is 1.40 bits per heavy atom. The summed E-state index contributed by atoms with van der Waals surface area (Å²) < 4.78 is 0. The molecule has 25 heavy (non-hydrogen) atoms. The third-order valence-corrected chi connectivity index (χ3v) is 3.96. The summed E-state index contributed by atoms with van der Waals surface area (Å²) in [7, 11) is 20.1. The zero-order valence-corrected chi connectivity index (χ0v) is 20.2. The predicted octanol–water partition coefficient (Wildman–Crippen LogP) is 8.38. The van der Waals surface area contributed by atoms with E-state index in [9.17, 15) is 0 Å². The average Bonchev–Trinajstić information content (AvgIpc) is 2.84. The number of hydrogen-bond acceptors (Lipinski definition) is 0. The second-order valence-electron chi connectivity index (χ2n) is 7.10. The molecule has 0 bridgehead atoms. The molecule has 1 radical (unpaired) electrons. The number of benzene rings is 2. The summed E-state index contributed by atoms with van der Waals surface area (Å²) in [6, 6.07) is 15.6. The molecule has 133 valence electrons. The first-order valence-electron chi connectivity index (χ1n) is 7.98. The summed E-state index contributed by atoms with van der Waals surface area (Å²) >= 11 is -3.29. The number of halogens is 4. The molecule has 0 aromatic heterocycles. The van der Waals surface area contributed by atoms with Crippen molar-refractivity contribution >= 4 is 40.1 Å². The van der Waals surface area contributed by atoms with Crippen molar-refractivity contribution in [2.45, 2.75) is 33.1 Å².